The Kier molecular flexibility index (Phi) is 5.58. The molecule has 0 radical (unpaired) electrons. The van der Waals surface area contributed by atoms with E-state index in [1.165, 1.54) is 50.0 Å². The molecule has 1 aromatic rings. The largest absolute Gasteiger partial charge is 0.381 e. The van der Waals surface area contributed by atoms with Crippen molar-refractivity contribution in [2.75, 3.05) is 51.3 Å². The summed E-state index contributed by atoms with van der Waals surface area (Å²) >= 11 is 0. The van der Waals surface area contributed by atoms with Gasteiger partial charge in [0.15, 0.2) is 5.96 Å². The number of piperidine rings is 1. The number of aliphatic imine (C=N–C) groups is 1. The van der Waals surface area contributed by atoms with E-state index in [1.54, 1.807) is 0 Å². The zero-order chi connectivity index (χ0) is 18.7. The molecule has 3 heterocycles. The van der Waals surface area contributed by atoms with Crippen LogP contribution in [0.5, 0.6) is 0 Å². The van der Waals surface area contributed by atoms with Gasteiger partial charge in [-0.3, -0.25) is 4.99 Å². The number of ether oxygens (including phenoxy) is 1. The van der Waals surface area contributed by atoms with E-state index in [1.807, 2.05) is 7.05 Å². The van der Waals surface area contributed by atoms with Gasteiger partial charge in [0, 0.05) is 57.5 Å². The number of nitrogens with one attached hydrogen (secondary N) is 1. The summed E-state index contributed by atoms with van der Waals surface area (Å²) in [5.41, 5.74) is 3.03. The molecule has 3 aliphatic heterocycles. The molecule has 3 aliphatic rings. The van der Waals surface area contributed by atoms with Gasteiger partial charge in [-0.1, -0.05) is 19.1 Å². The molecule has 27 heavy (non-hydrogen) atoms. The Morgan fingerprint density at radius 1 is 1.19 bits per heavy atom. The highest BCUT2D eigenvalue weighted by Gasteiger charge is 2.42. The van der Waals surface area contributed by atoms with Crippen molar-refractivity contribution in [1.82, 2.24) is 10.2 Å². The lowest BCUT2D eigenvalue weighted by atomic mass is 9.87. The van der Waals surface area contributed by atoms with E-state index < -0.39 is 0 Å². The van der Waals surface area contributed by atoms with Gasteiger partial charge in [-0.05, 0) is 49.3 Å². The van der Waals surface area contributed by atoms with Crippen LogP contribution in [0.15, 0.2) is 29.3 Å². The molecule has 3 saturated heterocycles. The standard InChI is InChI=1S/C22H34N4O/c1-18-7-11-25(12-8-18)20-5-3-19(4-6-20)15-24-21(23-2)26-13-9-22(16-26)10-14-27-17-22/h3-6,18H,7-17H2,1-2H3,(H,23,24). The van der Waals surface area contributed by atoms with Crippen LogP contribution in [-0.2, 0) is 11.3 Å². The van der Waals surface area contributed by atoms with Crippen molar-refractivity contribution in [3.63, 3.8) is 0 Å². The molecule has 0 saturated carbocycles. The molecular formula is C22H34N4O. The molecular weight excluding hydrogens is 336 g/mol. The van der Waals surface area contributed by atoms with Crippen LogP contribution in [0.1, 0.15) is 38.2 Å². The van der Waals surface area contributed by atoms with Crippen LogP contribution in [-0.4, -0.2) is 57.3 Å². The summed E-state index contributed by atoms with van der Waals surface area (Å²) in [6.45, 7) is 9.54. The highest BCUT2D eigenvalue weighted by Crippen LogP contribution is 2.38. The number of benzene rings is 1. The van der Waals surface area contributed by atoms with E-state index in [0.29, 0.717) is 5.41 Å². The lowest BCUT2D eigenvalue weighted by molar-refractivity contribution is 0.156. The lowest BCUT2D eigenvalue weighted by Gasteiger charge is -2.32. The lowest BCUT2D eigenvalue weighted by Crippen LogP contribution is -2.41. The third-order valence-electron chi connectivity index (χ3n) is 6.67. The normalized spacial score (nSPS) is 27.0. The number of hydrogen-bond acceptors (Lipinski definition) is 3. The third kappa shape index (κ3) is 4.23. The zero-order valence-corrected chi connectivity index (χ0v) is 16.9. The summed E-state index contributed by atoms with van der Waals surface area (Å²) in [4.78, 5) is 9.44. The monoisotopic (exact) mass is 370 g/mol. The molecule has 1 atom stereocenters. The van der Waals surface area contributed by atoms with Crippen LogP contribution < -0.4 is 10.2 Å². The average Bonchev–Trinajstić information content (AvgIpc) is 3.34. The molecule has 5 nitrogen and oxygen atoms in total. The Hall–Kier alpha value is -1.75. The van der Waals surface area contributed by atoms with Crippen molar-refractivity contribution in [3.05, 3.63) is 29.8 Å². The smallest absolute Gasteiger partial charge is 0.193 e. The highest BCUT2D eigenvalue weighted by atomic mass is 16.5. The van der Waals surface area contributed by atoms with E-state index in [4.69, 9.17) is 4.74 Å². The van der Waals surface area contributed by atoms with E-state index in [0.717, 1.165) is 44.7 Å². The third-order valence-corrected chi connectivity index (χ3v) is 6.67. The quantitative estimate of drug-likeness (QED) is 0.656. The van der Waals surface area contributed by atoms with Gasteiger partial charge in [-0.25, -0.2) is 0 Å². The van der Waals surface area contributed by atoms with E-state index >= 15 is 0 Å². The van der Waals surface area contributed by atoms with Crippen LogP contribution in [0.2, 0.25) is 0 Å². The maximum absolute atomic E-state index is 5.65. The van der Waals surface area contributed by atoms with E-state index in [2.05, 4.69) is 51.3 Å². The summed E-state index contributed by atoms with van der Waals surface area (Å²) in [6.07, 6.45) is 5.03. The number of nitrogens with zero attached hydrogens (tertiary/aromatic N) is 3. The molecule has 148 valence electrons. The number of guanidine groups is 1. The SMILES string of the molecule is CN=C(NCc1ccc(N2CCC(C)CC2)cc1)N1CCC2(CCOC2)C1. The van der Waals surface area contributed by atoms with Crippen molar-refractivity contribution >= 4 is 11.6 Å². The molecule has 3 fully saturated rings. The molecule has 1 N–H and O–H groups in total. The van der Waals surface area contributed by atoms with Crippen LogP contribution in [0.25, 0.3) is 0 Å². The highest BCUT2D eigenvalue weighted by molar-refractivity contribution is 5.80. The molecule has 0 aromatic heterocycles. The fraction of sp³-hybridized carbons (Fsp3) is 0.682. The minimum absolute atomic E-state index is 0.366. The van der Waals surface area contributed by atoms with Crippen molar-refractivity contribution in [2.24, 2.45) is 16.3 Å². The van der Waals surface area contributed by atoms with Gasteiger partial charge < -0.3 is 19.9 Å². The topological polar surface area (TPSA) is 40.1 Å². The second-order valence-electron chi connectivity index (χ2n) is 8.71. The minimum Gasteiger partial charge on any atom is -0.381 e. The first-order valence-corrected chi connectivity index (χ1v) is 10.5. The zero-order valence-electron chi connectivity index (χ0n) is 16.9. The Bertz CT molecular complexity index is 643. The number of hydrogen-bond donors (Lipinski definition) is 1. The van der Waals surface area contributed by atoms with Crippen LogP contribution in [0.4, 0.5) is 5.69 Å². The van der Waals surface area contributed by atoms with E-state index in [9.17, 15) is 0 Å². The molecule has 5 heteroatoms. The first-order chi connectivity index (χ1) is 13.2. The Morgan fingerprint density at radius 2 is 1.96 bits per heavy atom. The van der Waals surface area contributed by atoms with Crippen LogP contribution in [0.3, 0.4) is 0 Å². The Balaban J connectivity index is 1.30. The van der Waals surface area contributed by atoms with Crippen LogP contribution in [0, 0.1) is 11.3 Å². The molecule has 1 aromatic carbocycles. The molecule has 0 bridgehead atoms. The molecule has 0 amide bonds. The fourth-order valence-electron chi connectivity index (χ4n) is 4.69. The second-order valence-corrected chi connectivity index (χ2v) is 8.71. The molecule has 4 rings (SSSR count). The van der Waals surface area contributed by atoms with Gasteiger partial charge in [-0.15, -0.1) is 0 Å². The van der Waals surface area contributed by atoms with Crippen molar-refractivity contribution in [2.45, 2.75) is 39.2 Å². The predicted octanol–water partition coefficient (Wildman–Crippen LogP) is 3.11. The number of likely N-dealkylation sites (tertiary alicyclic amines) is 1. The molecule has 1 unspecified atom stereocenters. The Morgan fingerprint density at radius 3 is 2.63 bits per heavy atom. The summed E-state index contributed by atoms with van der Waals surface area (Å²) in [6, 6.07) is 9.06. The minimum atomic E-state index is 0.366. The second kappa shape index (κ2) is 8.09. The van der Waals surface area contributed by atoms with Gasteiger partial charge in [0.1, 0.15) is 0 Å². The van der Waals surface area contributed by atoms with Gasteiger partial charge in [0.05, 0.1) is 6.61 Å². The van der Waals surface area contributed by atoms with Crippen LogP contribution >= 0.6 is 0 Å². The maximum atomic E-state index is 5.65. The van der Waals surface area contributed by atoms with Crippen molar-refractivity contribution in [1.29, 1.82) is 0 Å². The number of anilines is 1. The Labute approximate surface area is 163 Å². The van der Waals surface area contributed by atoms with Crippen molar-refractivity contribution < 1.29 is 4.74 Å². The molecule has 1 spiro atoms. The van der Waals surface area contributed by atoms with Gasteiger partial charge >= 0.3 is 0 Å². The summed E-state index contributed by atoms with van der Waals surface area (Å²) < 4.78 is 5.65. The summed E-state index contributed by atoms with van der Waals surface area (Å²) in [5.74, 6) is 1.89. The first-order valence-electron chi connectivity index (χ1n) is 10.5. The maximum Gasteiger partial charge on any atom is 0.193 e. The van der Waals surface area contributed by atoms with Gasteiger partial charge in [0.25, 0.3) is 0 Å². The van der Waals surface area contributed by atoms with E-state index in [-0.39, 0.29) is 0 Å². The predicted molar refractivity (Wildman–Crippen MR) is 111 cm³/mol. The van der Waals surface area contributed by atoms with Gasteiger partial charge in [-0.2, -0.15) is 0 Å². The molecule has 0 aliphatic carbocycles. The summed E-state index contributed by atoms with van der Waals surface area (Å²) in [7, 11) is 1.89. The first kappa shape index (κ1) is 18.6. The average molecular weight is 371 g/mol. The fourth-order valence-corrected chi connectivity index (χ4v) is 4.69. The van der Waals surface area contributed by atoms with Gasteiger partial charge in [0.2, 0.25) is 0 Å². The summed E-state index contributed by atoms with van der Waals surface area (Å²) in [5, 5.41) is 3.56. The number of rotatable bonds is 3. The van der Waals surface area contributed by atoms with Crippen molar-refractivity contribution in [3.8, 4) is 0 Å².